The monoisotopic (exact) mass is 489 g/mol. The van der Waals surface area contributed by atoms with E-state index in [0.29, 0.717) is 4.68 Å². The fourth-order valence-electron chi connectivity index (χ4n) is 3.16. The van der Waals surface area contributed by atoms with Gasteiger partial charge in [-0.3, -0.25) is 4.68 Å². The van der Waals surface area contributed by atoms with Crippen molar-refractivity contribution in [2.75, 3.05) is 6.61 Å². The van der Waals surface area contributed by atoms with E-state index in [1.54, 1.807) is 0 Å². The van der Waals surface area contributed by atoms with E-state index < -0.39 is 51.8 Å². The van der Waals surface area contributed by atoms with Crippen LogP contribution in [0.15, 0.2) is 28.9 Å². The van der Waals surface area contributed by atoms with Gasteiger partial charge in [0.2, 0.25) is 0 Å². The molecular weight excluding hydrogens is 470 g/mol. The van der Waals surface area contributed by atoms with Gasteiger partial charge in [-0.05, 0) is 39.3 Å². The topological polar surface area (TPSA) is 90.4 Å². The number of carbonyl (C=O) groups excluding carboxylic acids is 1. The summed E-state index contributed by atoms with van der Waals surface area (Å²) in [6.07, 6.45) is -4.07. The van der Waals surface area contributed by atoms with Crippen LogP contribution in [-0.2, 0) is 17.5 Å². The van der Waals surface area contributed by atoms with Crippen molar-refractivity contribution in [2.24, 2.45) is 0 Å². The molecule has 12 heteroatoms. The molecule has 2 heterocycles. The van der Waals surface area contributed by atoms with Crippen LogP contribution < -0.4 is 0 Å². The van der Waals surface area contributed by atoms with E-state index in [4.69, 9.17) is 20.9 Å². The predicted octanol–water partition coefficient (Wildman–Crippen LogP) is 5.35. The summed E-state index contributed by atoms with van der Waals surface area (Å²) in [7, 11) is 0. The first kappa shape index (κ1) is 24.7. The lowest BCUT2D eigenvalue weighted by molar-refractivity contribution is -0.144. The van der Waals surface area contributed by atoms with Crippen LogP contribution in [0.5, 0.6) is 0 Å². The Kier molecular flexibility index (Phi) is 6.85. The quantitative estimate of drug-likeness (QED) is 0.355. The highest BCUT2D eigenvalue weighted by Crippen LogP contribution is 2.42. The molecule has 3 rings (SSSR count). The highest BCUT2D eigenvalue weighted by molar-refractivity contribution is 6.33. The summed E-state index contributed by atoms with van der Waals surface area (Å²) in [6, 6.07) is 3.71. The van der Waals surface area contributed by atoms with Crippen molar-refractivity contribution in [3.05, 3.63) is 46.5 Å². The molecule has 0 fully saturated rings. The molecule has 1 N–H and O–H groups in total. The van der Waals surface area contributed by atoms with Crippen LogP contribution in [0.4, 0.5) is 17.6 Å². The Hall–Kier alpha value is -2.92. The van der Waals surface area contributed by atoms with Gasteiger partial charge in [0.25, 0.3) is 0 Å². The minimum absolute atomic E-state index is 0.0333. The summed E-state index contributed by atoms with van der Waals surface area (Å²) >= 11 is 6.07. The first-order valence-corrected chi connectivity index (χ1v) is 10.2. The third kappa shape index (κ3) is 5.19. The molecule has 0 saturated carbocycles. The van der Waals surface area contributed by atoms with Crippen LogP contribution in [0.25, 0.3) is 22.6 Å². The molecule has 0 aliphatic heterocycles. The van der Waals surface area contributed by atoms with E-state index >= 15 is 0 Å². The van der Waals surface area contributed by atoms with Gasteiger partial charge in [0.15, 0.2) is 11.5 Å². The second-order valence-electron chi connectivity index (χ2n) is 7.74. The number of hydrogen-bond acceptors (Lipinski definition) is 6. The van der Waals surface area contributed by atoms with E-state index in [-0.39, 0.29) is 30.2 Å². The molecule has 178 valence electrons. The van der Waals surface area contributed by atoms with Crippen molar-refractivity contribution >= 4 is 17.6 Å². The number of aryl methyl sites for hydroxylation is 1. The van der Waals surface area contributed by atoms with Gasteiger partial charge in [0.1, 0.15) is 17.1 Å². The summed E-state index contributed by atoms with van der Waals surface area (Å²) in [5, 5.41) is 17.2. The molecule has 7 nitrogen and oxygen atoms in total. The van der Waals surface area contributed by atoms with Crippen LogP contribution in [-0.4, -0.2) is 38.2 Å². The zero-order valence-electron chi connectivity index (χ0n) is 17.8. The highest BCUT2D eigenvalue weighted by Gasteiger charge is 2.42. The molecular formula is C21H20ClF4N3O4. The normalized spacial score (nSPS) is 12.3. The second kappa shape index (κ2) is 9.14. The number of esters is 1. The summed E-state index contributed by atoms with van der Waals surface area (Å²) in [6.45, 7) is 4.02. The number of aliphatic hydroxyl groups is 1. The molecule has 2 aromatic heterocycles. The molecule has 0 amide bonds. The Morgan fingerprint density at radius 1 is 1.30 bits per heavy atom. The van der Waals surface area contributed by atoms with Gasteiger partial charge in [0.05, 0.1) is 34.6 Å². The van der Waals surface area contributed by atoms with Crippen molar-refractivity contribution in [1.29, 1.82) is 0 Å². The maximum absolute atomic E-state index is 14.5. The smallest absolute Gasteiger partial charge is 0.433 e. The van der Waals surface area contributed by atoms with E-state index in [1.165, 1.54) is 32.9 Å². The lowest BCUT2D eigenvalue weighted by Crippen LogP contribution is -2.24. The molecule has 1 aromatic carbocycles. The number of alkyl halides is 3. The van der Waals surface area contributed by atoms with Gasteiger partial charge in [-0.25, -0.2) is 9.18 Å². The van der Waals surface area contributed by atoms with Gasteiger partial charge in [-0.15, -0.1) is 0 Å². The third-order valence-corrected chi connectivity index (χ3v) is 4.97. The fourth-order valence-corrected chi connectivity index (χ4v) is 3.41. The molecule has 0 aliphatic carbocycles. The molecule has 0 atom stereocenters. The SMILES string of the molecule is CCOC(=O)c1c(-c2c(F)cccc2Cl)noc1-c1cnn(CCC(C)(C)O)c1C(F)(F)F. The van der Waals surface area contributed by atoms with E-state index in [0.717, 1.165) is 12.3 Å². The number of aromatic nitrogens is 3. The molecule has 0 unspecified atom stereocenters. The summed E-state index contributed by atoms with van der Waals surface area (Å²) in [5.74, 6) is -2.52. The number of rotatable bonds is 7. The fraction of sp³-hybridized carbons (Fsp3) is 0.381. The number of hydrogen-bond donors (Lipinski definition) is 1. The summed E-state index contributed by atoms with van der Waals surface area (Å²) < 4.78 is 67.3. The standard InChI is InChI=1S/C21H20ClF4N3O4/c1-4-32-19(30)15-16(14-12(22)6-5-7-13(14)23)28-33-17(15)11-10-27-29(9-8-20(2,3)31)18(11)21(24,25)26/h5-7,10,31H,4,8-9H2,1-3H3. The predicted molar refractivity (Wildman–Crippen MR) is 110 cm³/mol. The minimum Gasteiger partial charge on any atom is -0.462 e. The molecule has 0 aliphatic rings. The van der Waals surface area contributed by atoms with Crippen LogP contribution in [0.2, 0.25) is 5.02 Å². The average molecular weight is 490 g/mol. The Labute approximate surface area is 190 Å². The lowest BCUT2D eigenvalue weighted by atomic mass is 10.0. The largest absolute Gasteiger partial charge is 0.462 e. The molecule has 0 bridgehead atoms. The van der Waals surface area contributed by atoms with Crippen LogP contribution >= 0.6 is 11.6 Å². The zero-order chi connectivity index (χ0) is 24.6. The van der Waals surface area contributed by atoms with E-state index in [9.17, 15) is 27.5 Å². The number of benzene rings is 1. The first-order chi connectivity index (χ1) is 15.3. The summed E-state index contributed by atoms with van der Waals surface area (Å²) in [5.41, 5.74) is -4.29. The third-order valence-electron chi connectivity index (χ3n) is 4.66. The summed E-state index contributed by atoms with van der Waals surface area (Å²) in [4.78, 5) is 12.7. The number of nitrogens with zero attached hydrogens (tertiary/aromatic N) is 3. The average Bonchev–Trinajstić information content (AvgIpc) is 3.30. The van der Waals surface area contributed by atoms with Crippen molar-refractivity contribution < 1.29 is 36.7 Å². The molecule has 3 aromatic rings. The van der Waals surface area contributed by atoms with E-state index in [1.807, 2.05) is 0 Å². The highest BCUT2D eigenvalue weighted by atomic mass is 35.5. The van der Waals surface area contributed by atoms with Crippen molar-refractivity contribution in [2.45, 2.75) is 45.5 Å². The maximum Gasteiger partial charge on any atom is 0.433 e. The molecule has 0 spiro atoms. The van der Waals surface area contributed by atoms with Crippen LogP contribution in [0.3, 0.4) is 0 Å². The number of ether oxygens (including phenoxy) is 1. The van der Waals surface area contributed by atoms with Gasteiger partial charge in [-0.2, -0.15) is 18.3 Å². The lowest BCUT2D eigenvalue weighted by Gasteiger charge is -2.18. The van der Waals surface area contributed by atoms with Crippen molar-refractivity contribution in [1.82, 2.24) is 14.9 Å². The Balaban J connectivity index is 2.24. The zero-order valence-corrected chi connectivity index (χ0v) is 18.6. The Morgan fingerprint density at radius 2 is 2.00 bits per heavy atom. The van der Waals surface area contributed by atoms with Gasteiger partial charge >= 0.3 is 12.1 Å². The molecule has 0 saturated heterocycles. The second-order valence-corrected chi connectivity index (χ2v) is 8.15. The van der Waals surface area contributed by atoms with Crippen LogP contribution in [0, 0.1) is 5.82 Å². The van der Waals surface area contributed by atoms with Gasteiger partial charge < -0.3 is 14.4 Å². The Morgan fingerprint density at radius 3 is 2.58 bits per heavy atom. The maximum atomic E-state index is 14.5. The minimum atomic E-state index is -4.90. The number of carbonyl (C=O) groups is 1. The van der Waals surface area contributed by atoms with Gasteiger partial charge in [0, 0.05) is 6.54 Å². The van der Waals surface area contributed by atoms with Crippen molar-refractivity contribution in [3.8, 4) is 22.6 Å². The first-order valence-electron chi connectivity index (χ1n) is 9.82. The van der Waals surface area contributed by atoms with Crippen LogP contribution in [0.1, 0.15) is 43.2 Å². The van der Waals surface area contributed by atoms with Crippen molar-refractivity contribution in [3.63, 3.8) is 0 Å². The van der Waals surface area contributed by atoms with Gasteiger partial charge in [-0.1, -0.05) is 22.8 Å². The number of halogens is 5. The molecule has 33 heavy (non-hydrogen) atoms. The Bertz CT molecular complexity index is 1150. The molecule has 0 radical (unpaired) electrons. The van der Waals surface area contributed by atoms with E-state index in [2.05, 4.69) is 10.3 Å².